The summed E-state index contributed by atoms with van der Waals surface area (Å²) in [6.07, 6.45) is 2.57. The highest BCUT2D eigenvalue weighted by Gasteiger charge is 2.26. The number of rotatable bonds is 4. The number of nitrogens with zero attached hydrogens (tertiary/aromatic N) is 2. The molecule has 1 fully saturated rings. The summed E-state index contributed by atoms with van der Waals surface area (Å²) in [5.41, 5.74) is -0.549. The van der Waals surface area contributed by atoms with Crippen LogP contribution >= 0.6 is 0 Å². The molecule has 1 aliphatic rings. The molecule has 0 aromatic rings. The van der Waals surface area contributed by atoms with Crippen LogP contribution in [0.3, 0.4) is 0 Å². The Morgan fingerprint density at radius 2 is 1.94 bits per heavy atom. The molecular weight excluding hydrogens is 216 g/mol. The molecule has 0 bridgehead atoms. The lowest BCUT2D eigenvalue weighted by Crippen LogP contribution is -2.41. The first-order chi connectivity index (χ1) is 7.98. The summed E-state index contributed by atoms with van der Waals surface area (Å²) >= 11 is 0. The van der Waals surface area contributed by atoms with E-state index in [1.54, 1.807) is 0 Å². The fraction of sp³-hybridized carbons (Fsp3) is 0.923. The Kier molecular flexibility index (Phi) is 5.40. The number of likely N-dealkylation sites (tertiary alicyclic amines) is 1. The zero-order valence-corrected chi connectivity index (χ0v) is 11.4. The normalized spacial score (nSPS) is 26.6. The third-order valence-electron chi connectivity index (χ3n) is 3.63. The van der Waals surface area contributed by atoms with Crippen molar-refractivity contribution in [3.63, 3.8) is 0 Å². The lowest BCUT2D eigenvalue weighted by molar-refractivity contribution is -0.132. The van der Waals surface area contributed by atoms with Crippen LogP contribution in [0, 0.1) is 0 Å². The van der Waals surface area contributed by atoms with Gasteiger partial charge in [0.1, 0.15) is 0 Å². The van der Waals surface area contributed by atoms with Crippen LogP contribution in [0.25, 0.3) is 0 Å². The van der Waals surface area contributed by atoms with Gasteiger partial charge in [-0.2, -0.15) is 0 Å². The number of amides is 1. The van der Waals surface area contributed by atoms with Gasteiger partial charge in [0, 0.05) is 19.6 Å². The molecule has 0 aliphatic carbocycles. The highest BCUT2D eigenvalue weighted by Crippen LogP contribution is 2.21. The van der Waals surface area contributed by atoms with Gasteiger partial charge in [0.15, 0.2) is 0 Å². The van der Waals surface area contributed by atoms with Gasteiger partial charge in [-0.25, -0.2) is 0 Å². The van der Waals surface area contributed by atoms with E-state index in [1.165, 1.54) is 0 Å². The summed E-state index contributed by atoms with van der Waals surface area (Å²) in [4.78, 5) is 16.0. The van der Waals surface area contributed by atoms with E-state index in [4.69, 9.17) is 0 Å². The van der Waals surface area contributed by atoms with Gasteiger partial charge < -0.3 is 10.0 Å². The maximum atomic E-state index is 12.0. The smallest absolute Gasteiger partial charge is 0.236 e. The molecule has 0 radical (unpaired) electrons. The van der Waals surface area contributed by atoms with Crippen molar-refractivity contribution in [2.24, 2.45) is 0 Å². The number of hydrogen-bond donors (Lipinski definition) is 1. The average Bonchev–Trinajstić information content (AvgIpc) is 2.42. The van der Waals surface area contributed by atoms with E-state index in [0.29, 0.717) is 6.54 Å². The Balaban J connectivity index is 2.44. The first-order valence-corrected chi connectivity index (χ1v) is 6.71. The third kappa shape index (κ3) is 4.64. The molecule has 17 heavy (non-hydrogen) atoms. The van der Waals surface area contributed by atoms with Crippen LogP contribution < -0.4 is 0 Å². The molecule has 1 amide bonds. The maximum absolute atomic E-state index is 12.0. The Bertz CT molecular complexity index is 250. The highest BCUT2D eigenvalue weighted by atomic mass is 16.3. The maximum Gasteiger partial charge on any atom is 0.236 e. The summed E-state index contributed by atoms with van der Waals surface area (Å²) < 4.78 is 0. The Morgan fingerprint density at radius 3 is 2.53 bits per heavy atom. The SMILES string of the molecule is CCN(CC)C(=O)CN1CCCC(C)(O)CC1. The molecule has 4 nitrogen and oxygen atoms in total. The highest BCUT2D eigenvalue weighted by molar-refractivity contribution is 5.78. The van der Waals surface area contributed by atoms with Gasteiger partial charge in [-0.05, 0) is 46.6 Å². The minimum Gasteiger partial charge on any atom is -0.390 e. The van der Waals surface area contributed by atoms with Crippen LogP contribution in [0.15, 0.2) is 0 Å². The molecule has 1 rings (SSSR count). The molecule has 1 heterocycles. The van der Waals surface area contributed by atoms with Crippen LogP contribution in [-0.2, 0) is 4.79 Å². The minimum atomic E-state index is -0.549. The standard InChI is InChI=1S/C13H26N2O2/c1-4-15(5-2)12(16)11-14-9-6-7-13(3,17)8-10-14/h17H,4-11H2,1-3H3. The van der Waals surface area contributed by atoms with Crippen LogP contribution in [-0.4, -0.2) is 59.1 Å². The molecule has 1 atom stereocenters. The number of carbonyl (C=O) groups is 1. The van der Waals surface area contributed by atoms with Crippen molar-refractivity contribution in [3.05, 3.63) is 0 Å². The lowest BCUT2D eigenvalue weighted by atomic mass is 9.98. The van der Waals surface area contributed by atoms with Crippen LogP contribution in [0.4, 0.5) is 0 Å². The lowest BCUT2D eigenvalue weighted by Gasteiger charge is -2.25. The molecule has 4 heteroatoms. The van der Waals surface area contributed by atoms with Crippen molar-refractivity contribution in [1.29, 1.82) is 0 Å². The summed E-state index contributed by atoms with van der Waals surface area (Å²) in [5.74, 6) is 0.205. The molecular formula is C13H26N2O2. The Hall–Kier alpha value is -0.610. The number of aliphatic hydroxyl groups is 1. The van der Waals surface area contributed by atoms with Crippen LogP contribution in [0.5, 0.6) is 0 Å². The van der Waals surface area contributed by atoms with Gasteiger partial charge in [-0.1, -0.05) is 0 Å². The summed E-state index contributed by atoms with van der Waals surface area (Å²) in [7, 11) is 0. The average molecular weight is 242 g/mol. The Labute approximate surface area is 105 Å². The zero-order chi connectivity index (χ0) is 12.9. The van der Waals surface area contributed by atoms with Gasteiger partial charge in [-0.3, -0.25) is 9.69 Å². The molecule has 1 unspecified atom stereocenters. The van der Waals surface area contributed by atoms with Gasteiger partial charge in [0.2, 0.25) is 5.91 Å². The van der Waals surface area contributed by atoms with E-state index in [0.717, 1.165) is 45.4 Å². The van der Waals surface area contributed by atoms with E-state index >= 15 is 0 Å². The second kappa shape index (κ2) is 6.36. The molecule has 1 aliphatic heterocycles. The van der Waals surface area contributed by atoms with Crippen molar-refractivity contribution in [1.82, 2.24) is 9.80 Å². The minimum absolute atomic E-state index is 0.205. The van der Waals surface area contributed by atoms with Crippen molar-refractivity contribution in [2.75, 3.05) is 32.7 Å². The topological polar surface area (TPSA) is 43.8 Å². The molecule has 1 N–H and O–H groups in total. The molecule has 100 valence electrons. The summed E-state index contributed by atoms with van der Waals surface area (Å²) in [5, 5.41) is 9.99. The molecule has 1 saturated heterocycles. The number of hydrogen-bond acceptors (Lipinski definition) is 3. The monoisotopic (exact) mass is 242 g/mol. The predicted molar refractivity (Wildman–Crippen MR) is 68.8 cm³/mol. The molecule has 0 saturated carbocycles. The van der Waals surface area contributed by atoms with E-state index in [2.05, 4.69) is 4.90 Å². The largest absolute Gasteiger partial charge is 0.390 e. The number of likely N-dealkylation sites (N-methyl/N-ethyl adjacent to an activating group) is 1. The van der Waals surface area contributed by atoms with Crippen molar-refractivity contribution in [2.45, 2.75) is 45.6 Å². The predicted octanol–water partition coefficient (Wildman–Crippen LogP) is 1.09. The first kappa shape index (κ1) is 14.5. The Morgan fingerprint density at radius 1 is 1.29 bits per heavy atom. The molecule has 0 spiro atoms. The third-order valence-corrected chi connectivity index (χ3v) is 3.63. The van der Waals surface area contributed by atoms with E-state index in [-0.39, 0.29) is 5.91 Å². The molecule has 0 aromatic carbocycles. The van der Waals surface area contributed by atoms with Gasteiger partial charge in [-0.15, -0.1) is 0 Å². The zero-order valence-electron chi connectivity index (χ0n) is 11.4. The van der Waals surface area contributed by atoms with Crippen LogP contribution in [0.1, 0.15) is 40.0 Å². The summed E-state index contributed by atoms with van der Waals surface area (Å²) in [6, 6.07) is 0. The fourth-order valence-corrected chi connectivity index (χ4v) is 2.34. The van der Waals surface area contributed by atoms with Gasteiger partial charge in [0.25, 0.3) is 0 Å². The van der Waals surface area contributed by atoms with Crippen molar-refractivity contribution >= 4 is 5.91 Å². The second-order valence-electron chi connectivity index (χ2n) is 5.19. The second-order valence-corrected chi connectivity index (χ2v) is 5.19. The van der Waals surface area contributed by atoms with E-state index < -0.39 is 5.60 Å². The van der Waals surface area contributed by atoms with Gasteiger partial charge >= 0.3 is 0 Å². The molecule has 0 aromatic heterocycles. The quantitative estimate of drug-likeness (QED) is 0.802. The number of carbonyl (C=O) groups excluding carboxylic acids is 1. The fourth-order valence-electron chi connectivity index (χ4n) is 2.34. The van der Waals surface area contributed by atoms with E-state index in [1.807, 2.05) is 25.7 Å². The summed E-state index contributed by atoms with van der Waals surface area (Å²) in [6.45, 7) is 9.70. The van der Waals surface area contributed by atoms with Gasteiger partial charge in [0.05, 0.1) is 12.1 Å². The van der Waals surface area contributed by atoms with Crippen LogP contribution in [0.2, 0.25) is 0 Å². The first-order valence-electron chi connectivity index (χ1n) is 6.71. The van der Waals surface area contributed by atoms with E-state index in [9.17, 15) is 9.90 Å². The van der Waals surface area contributed by atoms with Crippen molar-refractivity contribution < 1.29 is 9.90 Å². The van der Waals surface area contributed by atoms with Crippen molar-refractivity contribution in [3.8, 4) is 0 Å².